The number of hydrogen-bond donors (Lipinski definition) is 7. The van der Waals surface area contributed by atoms with Gasteiger partial charge in [-0.15, -0.1) is 0 Å². The van der Waals surface area contributed by atoms with Crippen molar-refractivity contribution in [1.82, 2.24) is 19.1 Å². The van der Waals surface area contributed by atoms with E-state index in [1.807, 2.05) is 9.97 Å². The molecule has 4 heterocycles. The third kappa shape index (κ3) is 11.9. The molecule has 2 aromatic heterocycles. The number of rotatable bonds is 10. The van der Waals surface area contributed by atoms with Crippen LogP contribution in [0.25, 0.3) is 20.9 Å². The number of H-pyrrole nitrogens is 2. The van der Waals surface area contributed by atoms with Gasteiger partial charge in [0.2, 0.25) is 11.4 Å². The van der Waals surface area contributed by atoms with Gasteiger partial charge < -0.3 is 49.6 Å². The fraction of sp³-hybridized carbons (Fsp3) is 0.353. The fourth-order valence-electron chi connectivity index (χ4n) is 5.56. The van der Waals surface area contributed by atoms with Gasteiger partial charge in [0.05, 0.1) is 17.7 Å². The zero-order valence-corrected chi connectivity index (χ0v) is 34.3. The molecule has 0 spiro atoms. The zero-order chi connectivity index (χ0) is 44.6. The second-order valence-corrected chi connectivity index (χ2v) is 11.8. The largest absolute Gasteiger partial charge is 1.00 e. The summed E-state index contributed by atoms with van der Waals surface area (Å²) in [4.78, 5) is 80.9. The van der Waals surface area contributed by atoms with Crippen LogP contribution in [0.5, 0.6) is 0 Å². The number of benzene rings is 2. The second kappa shape index (κ2) is 23.7. The number of esters is 2. The third-order valence-corrected chi connectivity index (χ3v) is 8.36. The van der Waals surface area contributed by atoms with Gasteiger partial charge in [-0.2, -0.15) is 7.11 Å². The van der Waals surface area contributed by atoms with Crippen molar-refractivity contribution >= 4 is 11.9 Å². The molecule has 2 aromatic carbocycles. The van der Waals surface area contributed by atoms with Crippen LogP contribution >= 0.6 is 0 Å². The van der Waals surface area contributed by atoms with Gasteiger partial charge in [0.15, 0.2) is 18.6 Å². The number of hydrogen-bond acceptors (Lipinski definition) is 18. The van der Waals surface area contributed by atoms with Crippen LogP contribution in [0.3, 0.4) is 0 Å². The minimum Gasteiger partial charge on any atom is -0.857 e. The fourth-order valence-corrected chi connectivity index (χ4v) is 5.56. The topological polar surface area (TPSA) is 403 Å². The number of nitrogens with zero attached hydrogens (tertiary/aromatic N) is 8. The van der Waals surface area contributed by atoms with E-state index >= 15 is 0 Å². The molecule has 4 aromatic rings. The van der Waals surface area contributed by atoms with Crippen molar-refractivity contribution in [3.8, 4) is 0 Å². The van der Waals surface area contributed by atoms with Crippen molar-refractivity contribution < 1.29 is 88.7 Å². The maximum atomic E-state index is 12.8. The number of aromatic nitrogens is 4. The summed E-state index contributed by atoms with van der Waals surface area (Å²) in [6, 6.07) is 17.7. The molecule has 0 radical (unpaired) electrons. The molecular weight excluding hydrogens is 827 g/mol. The summed E-state index contributed by atoms with van der Waals surface area (Å²) in [5.74, 6) is -1.68. The van der Waals surface area contributed by atoms with Crippen molar-refractivity contribution in [3.63, 3.8) is 0 Å². The van der Waals surface area contributed by atoms with Gasteiger partial charge >= 0.3 is 52.9 Å². The van der Waals surface area contributed by atoms with Gasteiger partial charge in [-0.25, -0.2) is 19.2 Å². The van der Waals surface area contributed by atoms with Gasteiger partial charge in [-0.1, -0.05) is 46.6 Å². The van der Waals surface area contributed by atoms with Crippen molar-refractivity contribution in [2.24, 2.45) is 10.2 Å². The molecular formula is C34H37N10NaO16. The van der Waals surface area contributed by atoms with E-state index in [4.69, 9.17) is 34.7 Å². The van der Waals surface area contributed by atoms with Gasteiger partial charge in [0, 0.05) is 41.5 Å². The van der Waals surface area contributed by atoms with Crippen LogP contribution in [0, 0.1) is 0 Å². The number of azide groups is 2. The van der Waals surface area contributed by atoms with E-state index in [0.717, 1.165) is 47.9 Å². The van der Waals surface area contributed by atoms with Crippen LogP contribution in [0.4, 0.5) is 0 Å². The average Bonchev–Trinajstić information content (AvgIpc) is 3.67. The summed E-state index contributed by atoms with van der Waals surface area (Å²) < 4.78 is 23.3. The normalized spacial score (nSPS) is 24.5. The molecule has 8 atom stereocenters. The monoisotopic (exact) mass is 864 g/mol. The quantitative estimate of drug-likeness (QED) is 0.0258. The number of carbonyl (C=O) groups excluding carboxylic acids is 2. The van der Waals surface area contributed by atoms with Gasteiger partial charge in [-0.05, 0) is 35.3 Å². The molecule has 320 valence electrons. The number of carbonyl (C=O) groups is 2. The predicted octanol–water partition coefficient (Wildman–Crippen LogP) is -5.11. The maximum Gasteiger partial charge on any atom is 1.00 e. The SMILES string of the molecule is CO.C[O-].[N-]=[N+]=N[C@]1(CO)O[C@@H](n2ccc(=O)[nH]c2=O)C(O)[C@@H]1O.[N-]=[N+]=N[C@]1(COC(=O)c2ccccc2)O[C@@H](n2ccc(=O)[nH]c2=O)[C@H](OC(=O)c2ccccc2)[C@@H]1O.[Na+]. The van der Waals surface area contributed by atoms with Crippen molar-refractivity contribution in [2.75, 3.05) is 27.4 Å². The van der Waals surface area contributed by atoms with E-state index in [9.17, 15) is 54.7 Å². The first kappa shape index (κ1) is 51.2. The molecule has 61 heavy (non-hydrogen) atoms. The summed E-state index contributed by atoms with van der Waals surface area (Å²) in [7, 11) is 1.75. The van der Waals surface area contributed by atoms with Gasteiger partial charge in [0.25, 0.3) is 11.1 Å². The van der Waals surface area contributed by atoms with Crippen LogP contribution in [0.1, 0.15) is 33.2 Å². The number of aromatic amines is 2. The van der Waals surface area contributed by atoms with Gasteiger partial charge in [-0.3, -0.25) is 28.7 Å². The molecule has 0 aliphatic carbocycles. The molecule has 2 saturated heterocycles. The first-order valence-electron chi connectivity index (χ1n) is 16.9. The number of aliphatic hydroxyl groups is 5. The third-order valence-electron chi connectivity index (χ3n) is 8.36. The van der Waals surface area contributed by atoms with Crippen molar-refractivity contribution in [3.05, 3.63) is 159 Å². The molecule has 0 amide bonds. The van der Waals surface area contributed by atoms with Crippen LogP contribution in [-0.4, -0.2) is 120 Å². The summed E-state index contributed by atoms with van der Waals surface area (Å²) >= 11 is 0. The van der Waals surface area contributed by atoms with E-state index in [-0.39, 0.29) is 40.7 Å². The summed E-state index contributed by atoms with van der Waals surface area (Å²) in [6.45, 7) is -1.68. The Balaban J connectivity index is 0.000000435. The number of nitrogens with one attached hydrogen (secondary N) is 2. The Morgan fingerprint density at radius 1 is 0.754 bits per heavy atom. The smallest absolute Gasteiger partial charge is 0.857 e. The van der Waals surface area contributed by atoms with E-state index in [1.165, 1.54) is 24.3 Å². The van der Waals surface area contributed by atoms with Crippen molar-refractivity contribution in [1.29, 1.82) is 0 Å². The molecule has 26 nitrogen and oxygen atoms in total. The maximum absolute atomic E-state index is 12.8. The van der Waals surface area contributed by atoms with Crippen LogP contribution in [0.2, 0.25) is 0 Å². The summed E-state index contributed by atoms with van der Waals surface area (Å²) in [6.07, 6.45) is -7.75. The second-order valence-electron chi connectivity index (χ2n) is 11.8. The van der Waals surface area contributed by atoms with E-state index in [1.54, 1.807) is 36.4 Å². The van der Waals surface area contributed by atoms with Crippen molar-refractivity contribution in [2.45, 2.75) is 48.3 Å². The molecule has 2 aliphatic rings. The number of ether oxygens (including phenoxy) is 4. The molecule has 7 N–H and O–H groups in total. The first-order valence-corrected chi connectivity index (χ1v) is 16.9. The Bertz CT molecular complexity index is 2410. The summed E-state index contributed by atoms with van der Waals surface area (Å²) in [5.41, 5.74) is 10.4. The minimum absolute atomic E-state index is 0. The molecule has 0 saturated carbocycles. The predicted molar refractivity (Wildman–Crippen MR) is 198 cm³/mol. The minimum atomic E-state index is -2.28. The zero-order valence-electron chi connectivity index (χ0n) is 32.3. The Morgan fingerprint density at radius 3 is 1.66 bits per heavy atom. The number of aliphatic hydroxyl groups excluding tert-OH is 5. The van der Waals surface area contributed by atoms with Gasteiger partial charge in [0.1, 0.15) is 24.9 Å². The Hall–Kier alpha value is -5.96. The summed E-state index contributed by atoms with van der Waals surface area (Å²) in [5, 5.41) is 62.0. The molecule has 2 aliphatic heterocycles. The first-order chi connectivity index (χ1) is 28.8. The average molecular weight is 865 g/mol. The van der Waals surface area contributed by atoms with Crippen LogP contribution in [0.15, 0.2) is 115 Å². The molecule has 0 bridgehead atoms. The standard InChI is InChI=1S/C23H19N5O8.C9H11N5O6.CH4O.CH3O.Na/c24-27-26-23(13-34-20(31)14-7-3-1-4-8-14)18(30)17(35-21(32)15-9-5-2-6-10-15)19(36-23)28-12-11-16(29)25-22(28)33;10-13-12-9(3-15)6(18)5(17)7(20-9)14-2-1-4(16)11-8(14)19;2*1-2;/h1-12,17-19,30H,13H2,(H,25,29,33);1-2,5-7,15,17-18H,3H2,(H,11,16,19);2H,1H3;1H3;/q;;;-1;+1/t17-,18+,19-,23-;5?,6-,7+,9+;;;/m10.../s1. The Labute approximate surface area is 363 Å². The Morgan fingerprint density at radius 2 is 1.20 bits per heavy atom. The molecule has 6 rings (SSSR count). The van der Waals surface area contributed by atoms with E-state index in [2.05, 4.69) is 20.1 Å². The van der Waals surface area contributed by atoms with Crippen LogP contribution < -0.4 is 57.2 Å². The van der Waals surface area contributed by atoms with E-state index in [0.29, 0.717) is 0 Å². The molecule has 27 heteroatoms. The van der Waals surface area contributed by atoms with Crippen LogP contribution in [-0.2, 0) is 18.9 Å². The Kier molecular flexibility index (Phi) is 19.9. The van der Waals surface area contributed by atoms with E-state index < -0.39 is 96.0 Å². The molecule has 1 unspecified atom stereocenters. The molecule has 2 fully saturated rings.